The van der Waals surface area contributed by atoms with Gasteiger partial charge in [0, 0.05) is 23.1 Å². The van der Waals surface area contributed by atoms with Gasteiger partial charge in [-0.2, -0.15) is 0 Å². The van der Waals surface area contributed by atoms with Crippen LogP contribution in [0.25, 0.3) is 0 Å². The van der Waals surface area contributed by atoms with Crippen molar-refractivity contribution in [3.63, 3.8) is 0 Å². The van der Waals surface area contributed by atoms with Crippen LogP contribution in [0.1, 0.15) is 23.2 Å². The largest absolute Gasteiger partial charge is 0.391 e. The van der Waals surface area contributed by atoms with Crippen molar-refractivity contribution in [2.45, 2.75) is 18.9 Å². The number of aliphatic hydroxyl groups is 1. The number of hydrogen-bond donors (Lipinski definition) is 1. The van der Waals surface area contributed by atoms with Crippen molar-refractivity contribution >= 4 is 21.8 Å². The lowest BCUT2D eigenvalue weighted by molar-refractivity contribution is 0.0474. The average Bonchev–Trinajstić information content (AvgIpc) is 2.29. The molecule has 0 spiro atoms. The first-order valence-corrected chi connectivity index (χ1v) is 6.19. The molecule has 0 aliphatic carbocycles. The van der Waals surface area contributed by atoms with Crippen LogP contribution < -0.4 is 0 Å². The van der Waals surface area contributed by atoms with Crippen LogP contribution in [0.3, 0.4) is 0 Å². The fourth-order valence-corrected chi connectivity index (χ4v) is 2.18. The molecule has 1 atom stereocenters. The summed E-state index contributed by atoms with van der Waals surface area (Å²) in [5, 5.41) is 9.52. The molecule has 1 aliphatic heterocycles. The van der Waals surface area contributed by atoms with Crippen molar-refractivity contribution in [3.8, 4) is 0 Å². The Bertz CT molecular complexity index is 377. The molecule has 0 bridgehead atoms. The average molecular weight is 284 g/mol. The molecule has 1 saturated heterocycles. The van der Waals surface area contributed by atoms with Gasteiger partial charge < -0.3 is 10.0 Å². The molecule has 1 aromatic rings. The molecule has 1 unspecified atom stereocenters. The third-order valence-corrected chi connectivity index (χ3v) is 3.30. The van der Waals surface area contributed by atoms with E-state index in [2.05, 4.69) is 15.9 Å². The number of carbonyl (C=O) groups is 1. The number of piperidine rings is 1. The zero-order chi connectivity index (χ0) is 11.5. The van der Waals surface area contributed by atoms with E-state index in [1.807, 2.05) is 12.1 Å². The highest BCUT2D eigenvalue weighted by molar-refractivity contribution is 9.10. The molecule has 0 radical (unpaired) electrons. The highest BCUT2D eigenvalue weighted by Crippen LogP contribution is 2.16. The number of aliphatic hydroxyl groups excluding tert-OH is 1. The van der Waals surface area contributed by atoms with Crippen LogP contribution >= 0.6 is 15.9 Å². The van der Waals surface area contributed by atoms with Gasteiger partial charge in [-0.3, -0.25) is 4.79 Å². The number of rotatable bonds is 1. The molecule has 1 heterocycles. The van der Waals surface area contributed by atoms with Crippen molar-refractivity contribution in [2.75, 3.05) is 13.1 Å². The second kappa shape index (κ2) is 4.97. The third kappa shape index (κ3) is 2.62. The first-order chi connectivity index (χ1) is 7.66. The van der Waals surface area contributed by atoms with E-state index in [-0.39, 0.29) is 12.0 Å². The van der Waals surface area contributed by atoms with E-state index in [0.29, 0.717) is 12.1 Å². The molecule has 0 aromatic heterocycles. The van der Waals surface area contributed by atoms with Crippen LogP contribution in [-0.4, -0.2) is 35.1 Å². The fourth-order valence-electron chi connectivity index (χ4n) is 1.91. The van der Waals surface area contributed by atoms with Gasteiger partial charge in [0.25, 0.3) is 5.91 Å². The molecule has 3 nitrogen and oxygen atoms in total. The molecule has 86 valence electrons. The summed E-state index contributed by atoms with van der Waals surface area (Å²) in [7, 11) is 0. The van der Waals surface area contributed by atoms with Crippen LogP contribution in [0.5, 0.6) is 0 Å². The van der Waals surface area contributed by atoms with Crippen molar-refractivity contribution in [1.29, 1.82) is 0 Å². The van der Waals surface area contributed by atoms with Gasteiger partial charge in [0.15, 0.2) is 0 Å². The predicted octanol–water partition coefficient (Wildman–Crippen LogP) is 2.05. The van der Waals surface area contributed by atoms with Crippen molar-refractivity contribution in [2.24, 2.45) is 0 Å². The first-order valence-electron chi connectivity index (χ1n) is 5.40. The van der Waals surface area contributed by atoms with Gasteiger partial charge >= 0.3 is 0 Å². The zero-order valence-electron chi connectivity index (χ0n) is 8.90. The lowest BCUT2D eigenvalue weighted by Gasteiger charge is -2.30. The lowest BCUT2D eigenvalue weighted by Crippen LogP contribution is -2.42. The number of carbonyl (C=O) groups excluding carboxylic acids is 1. The van der Waals surface area contributed by atoms with E-state index in [1.165, 1.54) is 0 Å². The standard InChI is InChI=1S/C12H14BrNO2/c13-10-5-3-9(4-6-10)12(16)14-7-1-2-11(15)8-14/h3-6,11,15H,1-2,7-8H2. The van der Waals surface area contributed by atoms with Gasteiger partial charge in [0.1, 0.15) is 0 Å². The Hall–Kier alpha value is -0.870. The maximum Gasteiger partial charge on any atom is 0.253 e. The molecular formula is C12H14BrNO2. The molecule has 16 heavy (non-hydrogen) atoms. The van der Waals surface area contributed by atoms with E-state index >= 15 is 0 Å². The van der Waals surface area contributed by atoms with E-state index < -0.39 is 0 Å². The molecule has 1 amide bonds. The minimum absolute atomic E-state index is 0.00579. The Balaban J connectivity index is 2.09. The van der Waals surface area contributed by atoms with Crippen LogP contribution in [0.2, 0.25) is 0 Å². The highest BCUT2D eigenvalue weighted by atomic mass is 79.9. The smallest absolute Gasteiger partial charge is 0.253 e. The molecule has 2 rings (SSSR count). The predicted molar refractivity (Wildman–Crippen MR) is 65.3 cm³/mol. The minimum Gasteiger partial charge on any atom is -0.391 e. The van der Waals surface area contributed by atoms with E-state index in [4.69, 9.17) is 0 Å². The fraction of sp³-hybridized carbons (Fsp3) is 0.417. The van der Waals surface area contributed by atoms with Crippen LogP contribution in [0.15, 0.2) is 28.7 Å². The summed E-state index contributed by atoms with van der Waals surface area (Å²) < 4.78 is 0.961. The number of β-amino-alcohol motifs (C(OH)–C–C–N with tert-alkyl or cyclic N) is 1. The van der Waals surface area contributed by atoms with Gasteiger partial charge in [0.05, 0.1) is 6.10 Å². The number of hydrogen-bond acceptors (Lipinski definition) is 2. The Morgan fingerprint density at radius 2 is 2.06 bits per heavy atom. The maximum absolute atomic E-state index is 12.1. The Morgan fingerprint density at radius 3 is 2.69 bits per heavy atom. The summed E-state index contributed by atoms with van der Waals surface area (Å²) in [5.74, 6) is 0.00579. The molecule has 1 aromatic carbocycles. The molecule has 4 heteroatoms. The highest BCUT2D eigenvalue weighted by Gasteiger charge is 2.22. The summed E-state index contributed by atoms with van der Waals surface area (Å²) in [4.78, 5) is 13.8. The summed E-state index contributed by atoms with van der Waals surface area (Å²) in [5.41, 5.74) is 0.678. The second-order valence-corrected chi connectivity index (χ2v) is 4.97. The quantitative estimate of drug-likeness (QED) is 0.857. The van der Waals surface area contributed by atoms with Crippen LogP contribution in [0.4, 0.5) is 0 Å². The van der Waals surface area contributed by atoms with Crippen LogP contribution in [0, 0.1) is 0 Å². The normalized spacial score (nSPS) is 20.9. The van der Waals surface area contributed by atoms with Crippen LogP contribution in [-0.2, 0) is 0 Å². The van der Waals surface area contributed by atoms with Gasteiger partial charge in [-0.15, -0.1) is 0 Å². The van der Waals surface area contributed by atoms with Gasteiger partial charge in [-0.25, -0.2) is 0 Å². The Labute approximate surface area is 103 Å². The Morgan fingerprint density at radius 1 is 1.38 bits per heavy atom. The number of nitrogens with zero attached hydrogens (tertiary/aromatic N) is 1. The van der Waals surface area contributed by atoms with Gasteiger partial charge in [-0.1, -0.05) is 15.9 Å². The summed E-state index contributed by atoms with van der Waals surface area (Å²) in [6.07, 6.45) is 1.31. The SMILES string of the molecule is O=C(c1ccc(Br)cc1)N1CCCC(O)C1. The number of benzene rings is 1. The maximum atomic E-state index is 12.1. The number of halogens is 1. The topological polar surface area (TPSA) is 40.5 Å². The second-order valence-electron chi connectivity index (χ2n) is 4.05. The van der Waals surface area contributed by atoms with Crippen molar-refractivity contribution < 1.29 is 9.90 Å². The summed E-state index contributed by atoms with van der Waals surface area (Å²) >= 11 is 3.34. The van der Waals surface area contributed by atoms with Gasteiger partial charge in [0.2, 0.25) is 0 Å². The summed E-state index contributed by atoms with van der Waals surface area (Å²) in [6.45, 7) is 1.20. The molecule has 0 saturated carbocycles. The van der Waals surface area contributed by atoms with Crippen molar-refractivity contribution in [3.05, 3.63) is 34.3 Å². The van der Waals surface area contributed by atoms with E-state index in [9.17, 15) is 9.90 Å². The summed E-state index contributed by atoms with van der Waals surface area (Å²) in [6, 6.07) is 7.31. The Kier molecular flexibility index (Phi) is 3.61. The van der Waals surface area contributed by atoms with Crippen molar-refractivity contribution in [1.82, 2.24) is 4.90 Å². The minimum atomic E-state index is -0.367. The zero-order valence-corrected chi connectivity index (χ0v) is 10.5. The lowest BCUT2D eigenvalue weighted by atomic mass is 10.1. The van der Waals surface area contributed by atoms with E-state index in [1.54, 1.807) is 17.0 Å². The van der Waals surface area contributed by atoms with Gasteiger partial charge in [-0.05, 0) is 37.1 Å². The number of likely N-dealkylation sites (tertiary alicyclic amines) is 1. The number of amides is 1. The third-order valence-electron chi connectivity index (χ3n) is 2.77. The first kappa shape index (κ1) is 11.6. The molecule has 1 N–H and O–H groups in total. The van der Waals surface area contributed by atoms with E-state index in [0.717, 1.165) is 23.9 Å². The molecule has 1 fully saturated rings. The monoisotopic (exact) mass is 283 g/mol. The molecule has 1 aliphatic rings. The molecular weight excluding hydrogens is 270 g/mol.